The molecule has 0 aliphatic heterocycles. The second-order valence-electron chi connectivity index (χ2n) is 2.69. The molecule has 1 atom stereocenters. The average Bonchev–Trinajstić information content (AvgIpc) is 1.84. The Morgan fingerprint density at radius 2 is 1.58 bits per heavy atom. The lowest BCUT2D eigenvalue weighted by molar-refractivity contribution is 0.518. The number of halogens is 6. The van der Waals surface area contributed by atoms with E-state index in [2.05, 4.69) is 79.6 Å². The molecule has 0 nitrogen and oxygen atoms in total. The van der Waals surface area contributed by atoms with Gasteiger partial charge >= 0.3 is 0 Å². The second-order valence-corrected chi connectivity index (χ2v) is 11.1. The molecule has 1 aliphatic carbocycles. The van der Waals surface area contributed by atoms with Gasteiger partial charge in [0.15, 0.2) is 0 Å². The van der Waals surface area contributed by atoms with Crippen molar-refractivity contribution in [2.24, 2.45) is 0 Å². The van der Waals surface area contributed by atoms with Gasteiger partial charge in [-0.1, -0.05) is 79.6 Å². The van der Waals surface area contributed by atoms with Crippen molar-refractivity contribution in [1.29, 1.82) is 0 Å². The van der Waals surface area contributed by atoms with Crippen LogP contribution in [0.2, 0.25) is 0 Å². The van der Waals surface area contributed by atoms with E-state index in [0.717, 1.165) is 6.42 Å². The van der Waals surface area contributed by atoms with Crippen LogP contribution in [-0.2, 0) is 0 Å². The van der Waals surface area contributed by atoms with Crippen molar-refractivity contribution in [3.8, 4) is 0 Å². The van der Waals surface area contributed by atoms with Crippen molar-refractivity contribution in [2.75, 3.05) is 0 Å². The van der Waals surface area contributed by atoms with Crippen molar-refractivity contribution in [3.05, 3.63) is 0 Å². The summed E-state index contributed by atoms with van der Waals surface area (Å²) in [5.41, 5.74) is 0. The first-order valence-electron chi connectivity index (χ1n) is 3.27. The molecule has 0 saturated heterocycles. The van der Waals surface area contributed by atoms with Gasteiger partial charge in [-0.05, 0) is 19.3 Å². The van der Waals surface area contributed by atoms with Crippen molar-refractivity contribution in [1.82, 2.24) is 0 Å². The Kier molecular flexibility index (Phi) is 6.30. The molecule has 0 spiro atoms. The molecule has 6 heteroatoms. The molecule has 1 fully saturated rings. The molecule has 1 unspecified atom stereocenters. The largest absolute Gasteiger partial charge is 0.147 e. The molecular weight excluding hydrogens is 507 g/mol. The minimum absolute atomic E-state index is 0. The zero-order valence-corrected chi connectivity index (χ0v) is 14.7. The summed E-state index contributed by atoms with van der Waals surface area (Å²) in [7, 11) is 0. The normalized spacial score (nSPS) is 32.2. The Morgan fingerprint density at radius 3 is 1.92 bits per heavy atom. The highest BCUT2D eigenvalue weighted by atomic mass is 79.9. The van der Waals surface area contributed by atoms with Crippen LogP contribution in [0.15, 0.2) is 0 Å². The van der Waals surface area contributed by atoms with E-state index in [1.54, 1.807) is 0 Å². The van der Waals surface area contributed by atoms with Crippen LogP contribution in [0.25, 0.3) is 0 Å². The van der Waals surface area contributed by atoms with E-state index in [-0.39, 0.29) is 18.9 Å². The van der Waals surface area contributed by atoms with Crippen molar-refractivity contribution >= 4 is 92.1 Å². The van der Waals surface area contributed by atoms with E-state index in [1.807, 2.05) is 0 Å². The zero-order chi connectivity index (χ0) is 8.70. The minimum atomic E-state index is -0.0920. The first-order valence-corrected chi connectivity index (χ1v) is 7.36. The zero-order valence-electron chi connectivity index (χ0n) is 6.00. The molecule has 0 amide bonds. The van der Waals surface area contributed by atoms with E-state index in [4.69, 9.17) is 0 Å². The number of hydrogen-bond acceptors (Lipinski definition) is 0. The summed E-state index contributed by atoms with van der Waals surface area (Å²) in [6, 6.07) is 0. The SMILES string of the molecule is BrC1CCCC(Br)(Br)C1(Br)Br.Cl. The molecule has 0 aromatic heterocycles. The highest BCUT2D eigenvalue weighted by Gasteiger charge is 2.51. The first kappa shape index (κ1) is 14.7. The molecule has 12 heavy (non-hydrogen) atoms. The Balaban J connectivity index is 0.00000121. The summed E-state index contributed by atoms with van der Waals surface area (Å²) < 4.78 is -0.134. The fraction of sp³-hybridized carbons (Fsp3) is 1.00. The second kappa shape index (κ2) is 5.15. The van der Waals surface area contributed by atoms with Gasteiger partial charge in [0.1, 0.15) is 6.47 Å². The van der Waals surface area contributed by atoms with E-state index in [9.17, 15) is 0 Å². The number of rotatable bonds is 0. The maximum atomic E-state index is 3.66. The van der Waals surface area contributed by atoms with Gasteiger partial charge in [-0.15, -0.1) is 12.4 Å². The molecule has 0 aromatic rings. The Labute approximate surface area is 121 Å². The van der Waals surface area contributed by atoms with Crippen LogP contribution < -0.4 is 0 Å². The Bertz CT molecular complexity index is 158. The van der Waals surface area contributed by atoms with Crippen molar-refractivity contribution < 1.29 is 0 Å². The fourth-order valence-corrected chi connectivity index (χ4v) is 4.38. The molecule has 0 bridgehead atoms. The maximum absolute atomic E-state index is 3.66. The van der Waals surface area contributed by atoms with Crippen LogP contribution in [0.3, 0.4) is 0 Å². The third-order valence-electron chi connectivity index (χ3n) is 1.83. The van der Waals surface area contributed by atoms with Crippen LogP contribution in [0.1, 0.15) is 19.3 Å². The molecule has 1 rings (SSSR count). The smallest absolute Gasteiger partial charge is 0.118 e. The van der Waals surface area contributed by atoms with Crippen molar-refractivity contribution in [2.45, 2.75) is 30.6 Å². The standard InChI is InChI=1S/C6H7Br5.ClH/c7-4-2-1-3-5(8,9)6(4,10)11;/h4H,1-3H2;1H. The summed E-state index contributed by atoms with van der Waals surface area (Å²) >= 11 is 18.2. The predicted molar refractivity (Wildman–Crippen MR) is 75.0 cm³/mol. The van der Waals surface area contributed by atoms with Gasteiger partial charge in [-0.3, -0.25) is 0 Å². The lowest BCUT2D eigenvalue weighted by atomic mass is 10.00. The van der Waals surface area contributed by atoms with Crippen molar-refractivity contribution in [3.63, 3.8) is 0 Å². The molecule has 74 valence electrons. The lowest BCUT2D eigenvalue weighted by Gasteiger charge is -2.42. The monoisotopic (exact) mass is 510 g/mol. The molecule has 1 aliphatic rings. The van der Waals surface area contributed by atoms with Gasteiger partial charge in [0.2, 0.25) is 0 Å². The van der Waals surface area contributed by atoms with Gasteiger partial charge in [0.25, 0.3) is 0 Å². The van der Waals surface area contributed by atoms with Gasteiger partial charge in [0.05, 0.1) is 0 Å². The van der Waals surface area contributed by atoms with Crippen LogP contribution in [-0.4, -0.2) is 11.3 Å². The quantitative estimate of drug-likeness (QED) is 0.383. The highest BCUT2D eigenvalue weighted by Crippen LogP contribution is 2.58. The van der Waals surface area contributed by atoms with Gasteiger partial charge in [-0.2, -0.15) is 0 Å². The molecule has 0 heterocycles. The van der Waals surface area contributed by atoms with E-state index in [0.29, 0.717) is 4.83 Å². The summed E-state index contributed by atoms with van der Waals surface area (Å²) in [6.07, 6.45) is 3.53. The summed E-state index contributed by atoms with van der Waals surface area (Å²) in [4.78, 5) is 0.447. The Hall–Kier alpha value is 2.69. The van der Waals surface area contributed by atoms with Crippen LogP contribution in [0, 0.1) is 0 Å². The van der Waals surface area contributed by atoms with Gasteiger partial charge in [-0.25, -0.2) is 0 Å². The van der Waals surface area contributed by atoms with E-state index < -0.39 is 0 Å². The summed E-state index contributed by atoms with van der Waals surface area (Å²) in [5, 5.41) is 0. The third-order valence-corrected chi connectivity index (χ3v) is 10.8. The summed E-state index contributed by atoms with van der Waals surface area (Å²) in [6.45, 7) is 0. The number of alkyl halides is 5. The lowest BCUT2D eigenvalue weighted by Crippen LogP contribution is -2.45. The van der Waals surface area contributed by atoms with Crippen LogP contribution in [0.5, 0.6) is 0 Å². The van der Waals surface area contributed by atoms with Crippen LogP contribution >= 0.6 is 92.1 Å². The van der Waals surface area contributed by atoms with E-state index in [1.165, 1.54) is 12.8 Å². The van der Waals surface area contributed by atoms with Gasteiger partial charge < -0.3 is 0 Å². The number of hydrogen-bond donors (Lipinski definition) is 0. The topological polar surface area (TPSA) is 0 Å². The third kappa shape index (κ3) is 2.84. The minimum Gasteiger partial charge on any atom is -0.147 e. The average molecular weight is 515 g/mol. The first-order chi connectivity index (χ1) is 4.88. The Morgan fingerprint density at radius 1 is 1.08 bits per heavy atom. The maximum Gasteiger partial charge on any atom is 0.118 e. The molecule has 0 aromatic carbocycles. The highest BCUT2D eigenvalue weighted by molar-refractivity contribution is 9.30. The summed E-state index contributed by atoms with van der Waals surface area (Å²) in [5.74, 6) is 0. The molecule has 1 saturated carbocycles. The molecule has 0 radical (unpaired) electrons. The van der Waals surface area contributed by atoms with Gasteiger partial charge in [0, 0.05) is 4.83 Å². The van der Waals surface area contributed by atoms with Crippen LogP contribution in [0.4, 0.5) is 0 Å². The van der Waals surface area contributed by atoms with E-state index >= 15 is 0 Å². The predicted octanol–water partition coefficient (Wildman–Crippen LogP) is 5.33. The fourth-order valence-electron chi connectivity index (χ4n) is 1.08. The molecule has 0 N–H and O–H groups in total. The molecular formula is C6H8Br5Cl.